The SMILES string of the molecule is CN=CC12C=CC=CC1C2O. The molecule has 11 heavy (non-hydrogen) atoms. The molecule has 2 rings (SSSR count). The lowest BCUT2D eigenvalue weighted by atomic mass is 10.0. The number of aliphatic imine (C=N–C) groups is 1. The van der Waals surface area contributed by atoms with Crippen LogP contribution in [-0.4, -0.2) is 24.5 Å². The molecule has 1 saturated carbocycles. The highest BCUT2D eigenvalue weighted by atomic mass is 16.3. The lowest BCUT2D eigenvalue weighted by Gasteiger charge is -2.04. The Balaban J connectivity index is 2.29. The summed E-state index contributed by atoms with van der Waals surface area (Å²) in [5.41, 5.74) is -0.149. The van der Waals surface area contributed by atoms with E-state index in [-0.39, 0.29) is 17.4 Å². The summed E-state index contributed by atoms with van der Waals surface area (Å²) in [7, 11) is 1.74. The maximum absolute atomic E-state index is 9.51. The largest absolute Gasteiger partial charge is 0.391 e. The molecular weight excluding hydrogens is 138 g/mol. The van der Waals surface area contributed by atoms with Crippen molar-refractivity contribution < 1.29 is 5.11 Å². The molecule has 0 aliphatic heterocycles. The molecule has 58 valence electrons. The van der Waals surface area contributed by atoms with Gasteiger partial charge in [-0.2, -0.15) is 0 Å². The van der Waals surface area contributed by atoms with Crippen LogP contribution in [0.3, 0.4) is 0 Å². The smallest absolute Gasteiger partial charge is 0.0762 e. The highest BCUT2D eigenvalue weighted by Gasteiger charge is 2.60. The summed E-state index contributed by atoms with van der Waals surface area (Å²) in [6.07, 6.45) is 9.59. The molecule has 2 aliphatic rings. The molecule has 0 spiro atoms. The van der Waals surface area contributed by atoms with Crippen molar-refractivity contribution in [2.75, 3.05) is 7.05 Å². The summed E-state index contributed by atoms with van der Waals surface area (Å²) >= 11 is 0. The summed E-state index contributed by atoms with van der Waals surface area (Å²) in [6.45, 7) is 0. The number of rotatable bonds is 1. The first-order chi connectivity index (χ1) is 5.31. The van der Waals surface area contributed by atoms with Gasteiger partial charge in [-0.3, -0.25) is 4.99 Å². The first-order valence-corrected chi connectivity index (χ1v) is 3.78. The summed E-state index contributed by atoms with van der Waals surface area (Å²) in [4.78, 5) is 3.95. The van der Waals surface area contributed by atoms with Crippen molar-refractivity contribution in [3.63, 3.8) is 0 Å². The van der Waals surface area contributed by atoms with Gasteiger partial charge in [0.2, 0.25) is 0 Å². The molecule has 3 unspecified atom stereocenters. The molecule has 0 bridgehead atoms. The van der Waals surface area contributed by atoms with E-state index >= 15 is 0 Å². The Kier molecular flexibility index (Phi) is 1.26. The number of nitrogens with zero attached hydrogens (tertiary/aromatic N) is 1. The third-order valence-corrected chi connectivity index (χ3v) is 2.49. The first-order valence-electron chi connectivity index (χ1n) is 3.78. The van der Waals surface area contributed by atoms with Gasteiger partial charge < -0.3 is 5.11 Å². The second-order valence-electron chi connectivity index (χ2n) is 3.10. The van der Waals surface area contributed by atoms with Gasteiger partial charge in [-0.1, -0.05) is 24.3 Å². The fourth-order valence-corrected chi connectivity index (χ4v) is 1.75. The van der Waals surface area contributed by atoms with E-state index in [1.54, 1.807) is 7.05 Å². The van der Waals surface area contributed by atoms with Gasteiger partial charge in [0.1, 0.15) is 0 Å². The molecule has 0 aromatic heterocycles. The van der Waals surface area contributed by atoms with Gasteiger partial charge in [-0.15, -0.1) is 0 Å². The van der Waals surface area contributed by atoms with Crippen LogP contribution in [0.1, 0.15) is 0 Å². The van der Waals surface area contributed by atoms with Crippen LogP contribution in [0.4, 0.5) is 0 Å². The molecule has 1 fully saturated rings. The maximum atomic E-state index is 9.51. The number of fused-ring (bicyclic) bond motifs is 1. The van der Waals surface area contributed by atoms with E-state index in [1.807, 2.05) is 30.5 Å². The van der Waals surface area contributed by atoms with E-state index in [0.29, 0.717) is 0 Å². The summed E-state index contributed by atoms with van der Waals surface area (Å²) in [6, 6.07) is 0. The summed E-state index contributed by atoms with van der Waals surface area (Å²) in [5.74, 6) is 0.274. The fourth-order valence-electron chi connectivity index (χ4n) is 1.75. The molecule has 2 heteroatoms. The van der Waals surface area contributed by atoms with Crippen molar-refractivity contribution in [3.8, 4) is 0 Å². The highest BCUT2D eigenvalue weighted by molar-refractivity contribution is 5.77. The zero-order valence-electron chi connectivity index (χ0n) is 6.44. The minimum absolute atomic E-state index is 0.149. The topological polar surface area (TPSA) is 32.6 Å². The zero-order chi connectivity index (χ0) is 7.90. The van der Waals surface area contributed by atoms with Gasteiger partial charge in [0, 0.05) is 19.2 Å². The molecule has 2 nitrogen and oxygen atoms in total. The lowest BCUT2D eigenvalue weighted by molar-refractivity contribution is 0.252. The van der Waals surface area contributed by atoms with Crippen LogP contribution >= 0.6 is 0 Å². The Hall–Kier alpha value is -0.890. The van der Waals surface area contributed by atoms with E-state index in [1.165, 1.54) is 0 Å². The van der Waals surface area contributed by atoms with E-state index < -0.39 is 0 Å². The predicted molar refractivity (Wildman–Crippen MR) is 44.6 cm³/mol. The number of allylic oxidation sites excluding steroid dienone is 2. The Labute approximate surface area is 66.0 Å². The van der Waals surface area contributed by atoms with Crippen LogP contribution in [0, 0.1) is 11.3 Å². The van der Waals surface area contributed by atoms with Gasteiger partial charge in [0.25, 0.3) is 0 Å². The quantitative estimate of drug-likeness (QED) is 0.549. The van der Waals surface area contributed by atoms with Crippen molar-refractivity contribution in [1.82, 2.24) is 0 Å². The van der Waals surface area contributed by atoms with E-state index in [2.05, 4.69) is 4.99 Å². The highest BCUT2D eigenvalue weighted by Crippen LogP contribution is 2.54. The standard InChI is InChI=1S/C9H11NO/c1-10-6-9-5-3-2-4-7(9)8(9)11/h2-8,11H,1H3. The van der Waals surface area contributed by atoms with Gasteiger partial charge in [-0.25, -0.2) is 0 Å². The number of aliphatic hydroxyl groups excluding tert-OH is 1. The second-order valence-corrected chi connectivity index (χ2v) is 3.10. The molecule has 0 aromatic carbocycles. The van der Waals surface area contributed by atoms with Crippen LogP contribution in [0.25, 0.3) is 0 Å². The van der Waals surface area contributed by atoms with Crippen LogP contribution in [0.5, 0.6) is 0 Å². The molecular formula is C9H11NO. The predicted octanol–water partition coefficient (Wildman–Crippen LogP) is 0.790. The van der Waals surface area contributed by atoms with Crippen molar-refractivity contribution >= 4 is 6.21 Å². The third kappa shape index (κ3) is 0.730. The number of hydrogen-bond acceptors (Lipinski definition) is 2. The Morgan fingerprint density at radius 3 is 3.00 bits per heavy atom. The van der Waals surface area contributed by atoms with Crippen LogP contribution < -0.4 is 0 Å². The average Bonchev–Trinajstić information content (AvgIpc) is 2.59. The second kappa shape index (κ2) is 2.05. The van der Waals surface area contributed by atoms with Crippen LogP contribution in [0.2, 0.25) is 0 Å². The van der Waals surface area contributed by atoms with Gasteiger partial charge in [0.05, 0.1) is 11.5 Å². The zero-order valence-corrected chi connectivity index (χ0v) is 6.44. The van der Waals surface area contributed by atoms with Crippen molar-refractivity contribution in [3.05, 3.63) is 24.3 Å². The molecule has 0 heterocycles. The minimum atomic E-state index is -0.249. The average molecular weight is 149 g/mol. The van der Waals surface area contributed by atoms with E-state index in [4.69, 9.17) is 0 Å². The maximum Gasteiger partial charge on any atom is 0.0762 e. The van der Waals surface area contributed by atoms with E-state index in [0.717, 1.165) is 0 Å². The lowest BCUT2D eigenvalue weighted by Crippen LogP contribution is -2.06. The molecule has 3 atom stereocenters. The fraction of sp³-hybridized carbons (Fsp3) is 0.444. The van der Waals surface area contributed by atoms with Crippen LogP contribution in [0.15, 0.2) is 29.3 Å². The third-order valence-electron chi connectivity index (χ3n) is 2.49. The summed E-state index contributed by atoms with van der Waals surface area (Å²) < 4.78 is 0. The molecule has 1 N–H and O–H groups in total. The molecule has 0 aromatic rings. The van der Waals surface area contributed by atoms with Gasteiger partial charge in [-0.05, 0) is 0 Å². The first kappa shape index (κ1) is 6.80. The molecule has 0 saturated heterocycles. The van der Waals surface area contributed by atoms with Gasteiger partial charge in [0.15, 0.2) is 0 Å². The molecule has 2 aliphatic carbocycles. The van der Waals surface area contributed by atoms with Crippen molar-refractivity contribution in [2.45, 2.75) is 6.10 Å². The van der Waals surface area contributed by atoms with Gasteiger partial charge >= 0.3 is 0 Å². The Morgan fingerprint density at radius 2 is 2.36 bits per heavy atom. The normalized spacial score (nSPS) is 46.4. The Morgan fingerprint density at radius 1 is 1.55 bits per heavy atom. The minimum Gasteiger partial charge on any atom is -0.391 e. The van der Waals surface area contributed by atoms with Crippen molar-refractivity contribution in [2.24, 2.45) is 16.3 Å². The van der Waals surface area contributed by atoms with E-state index in [9.17, 15) is 5.11 Å². The molecule has 0 radical (unpaired) electrons. The van der Waals surface area contributed by atoms with Crippen molar-refractivity contribution in [1.29, 1.82) is 0 Å². The van der Waals surface area contributed by atoms with Crippen LogP contribution in [-0.2, 0) is 0 Å². The number of hydrogen-bond donors (Lipinski definition) is 1. The number of aliphatic hydroxyl groups is 1. The Bertz CT molecular complexity index is 254. The molecule has 0 amide bonds. The monoisotopic (exact) mass is 149 g/mol. The summed E-state index contributed by atoms with van der Waals surface area (Å²) in [5, 5.41) is 9.51.